The summed E-state index contributed by atoms with van der Waals surface area (Å²) in [5, 5.41) is 13.3. The van der Waals surface area contributed by atoms with Gasteiger partial charge in [-0.25, -0.2) is 0 Å². The standard InChI is InChI=1S/C20H25Cl2NO3/c1-2-25-20-12-15(13-23-10-3-4-11-24)8-9-19(20)26-14-16-17(21)6-5-7-18(16)22/h5-9,12,23-24H,2-4,10-11,13-14H2,1H3. The minimum absolute atomic E-state index is 0.234. The molecule has 0 spiro atoms. The Morgan fingerprint density at radius 3 is 2.46 bits per heavy atom. The van der Waals surface area contributed by atoms with E-state index >= 15 is 0 Å². The predicted octanol–water partition coefficient (Wildman–Crippen LogP) is 4.83. The van der Waals surface area contributed by atoms with Gasteiger partial charge in [0, 0.05) is 28.8 Å². The third-order valence-electron chi connectivity index (χ3n) is 3.83. The summed E-state index contributed by atoms with van der Waals surface area (Å²) >= 11 is 12.4. The Labute approximate surface area is 165 Å². The van der Waals surface area contributed by atoms with Crippen LogP contribution in [-0.2, 0) is 13.2 Å². The van der Waals surface area contributed by atoms with E-state index in [0.717, 1.165) is 37.1 Å². The molecule has 4 nitrogen and oxygen atoms in total. The van der Waals surface area contributed by atoms with E-state index in [2.05, 4.69) is 5.32 Å². The number of aliphatic hydroxyl groups excluding tert-OH is 1. The quantitative estimate of drug-likeness (QED) is 0.532. The average Bonchev–Trinajstić information content (AvgIpc) is 2.63. The van der Waals surface area contributed by atoms with Crippen molar-refractivity contribution in [1.82, 2.24) is 5.32 Å². The van der Waals surface area contributed by atoms with E-state index < -0.39 is 0 Å². The SMILES string of the molecule is CCOc1cc(CNCCCCO)ccc1OCc1c(Cl)cccc1Cl. The van der Waals surface area contributed by atoms with Gasteiger partial charge in [-0.3, -0.25) is 0 Å². The van der Waals surface area contributed by atoms with Gasteiger partial charge in [-0.15, -0.1) is 0 Å². The van der Waals surface area contributed by atoms with Gasteiger partial charge in [0.15, 0.2) is 11.5 Å². The summed E-state index contributed by atoms with van der Waals surface area (Å²) in [6.45, 7) is 4.61. The van der Waals surface area contributed by atoms with E-state index in [-0.39, 0.29) is 13.2 Å². The molecule has 142 valence electrons. The Bertz CT molecular complexity index is 675. The fourth-order valence-corrected chi connectivity index (χ4v) is 2.97. The third-order valence-corrected chi connectivity index (χ3v) is 4.54. The average molecular weight is 398 g/mol. The van der Waals surface area contributed by atoms with Gasteiger partial charge >= 0.3 is 0 Å². The Morgan fingerprint density at radius 1 is 1.00 bits per heavy atom. The first-order valence-corrected chi connectivity index (χ1v) is 9.54. The zero-order valence-electron chi connectivity index (χ0n) is 14.9. The van der Waals surface area contributed by atoms with Crippen molar-refractivity contribution in [3.63, 3.8) is 0 Å². The Balaban J connectivity index is 2.01. The van der Waals surface area contributed by atoms with Crippen LogP contribution in [0, 0.1) is 0 Å². The highest BCUT2D eigenvalue weighted by Crippen LogP contribution is 2.31. The smallest absolute Gasteiger partial charge is 0.161 e. The number of aliphatic hydroxyl groups is 1. The fourth-order valence-electron chi connectivity index (χ4n) is 2.46. The van der Waals surface area contributed by atoms with Crippen molar-refractivity contribution in [2.45, 2.75) is 32.9 Å². The summed E-state index contributed by atoms with van der Waals surface area (Å²) < 4.78 is 11.6. The van der Waals surface area contributed by atoms with Crippen LogP contribution in [0.2, 0.25) is 10.0 Å². The van der Waals surface area contributed by atoms with Gasteiger partial charge in [0.05, 0.1) is 6.61 Å². The number of hydrogen-bond donors (Lipinski definition) is 2. The Kier molecular flexibility index (Phi) is 9.06. The van der Waals surface area contributed by atoms with Gasteiger partial charge in [0.25, 0.3) is 0 Å². The van der Waals surface area contributed by atoms with Crippen LogP contribution in [0.5, 0.6) is 11.5 Å². The van der Waals surface area contributed by atoms with Crippen molar-refractivity contribution in [2.24, 2.45) is 0 Å². The zero-order valence-corrected chi connectivity index (χ0v) is 16.4. The molecule has 2 aromatic carbocycles. The van der Waals surface area contributed by atoms with Gasteiger partial charge in [-0.05, 0) is 56.1 Å². The van der Waals surface area contributed by atoms with Crippen molar-refractivity contribution < 1.29 is 14.6 Å². The second-order valence-electron chi connectivity index (χ2n) is 5.81. The van der Waals surface area contributed by atoms with Crippen molar-refractivity contribution in [2.75, 3.05) is 19.8 Å². The minimum atomic E-state index is 0.234. The third kappa shape index (κ3) is 6.36. The first kappa shape index (κ1) is 20.8. The molecule has 0 saturated carbocycles. The number of nitrogens with one attached hydrogen (secondary N) is 1. The van der Waals surface area contributed by atoms with Crippen LogP contribution in [-0.4, -0.2) is 24.9 Å². The molecule has 0 aliphatic carbocycles. The van der Waals surface area contributed by atoms with E-state index in [1.807, 2.05) is 31.2 Å². The second-order valence-corrected chi connectivity index (χ2v) is 6.62. The van der Waals surface area contributed by atoms with E-state index in [1.165, 1.54) is 0 Å². The number of halogens is 2. The molecule has 0 heterocycles. The van der Waals surface area contributed by atoms with Crippen LogP contribution in [0.1, 0.15) is 30.9 Å². The van der Waals surface area contributed by atoms with Crippen molar-refractivity contribution in [3.8, 4) is 11.5 Å². The second kappa shape index (κ2) is 11.3. The van der Waals surface area contributed by atoms with E-state index in [0.29, 0.717) is 28.2 Å². The molecule has 0 unspecified atom stereocenters. The first-order chi connectivity index (χ1) is 12.7. The summed E-state index contributed by atoms with van der Waals surface area (Å²) in [6.07, 6.45) is 1.77. The van der Waals surface area contributed by atoms with Crippen LogP contribution in [0.3, 0.4) is 0 Å². The molecule has 2 rings (SSSR count). The highest BCUT2D eigenvalue weighted by atomic mass is 35.5. The molecule has 2 aromatic rings. The number of unbranched alkanes of at least 4 members (excludes halogenated alkanes) is 1. The number of benzene rings is 2. The molecule has 0 aromatic heterocycles. The van der Waals surface area contributed by atoms with Crippen LogP contribution < -0.4 is 14.8 Å². The normalized spacial score (nSPS) is 10.8. The summed E-state index contributed by atoms with van der Waals surface area (Å²) in [7, 11) is 0. The predicted molar refractivity (Wildman–Crippen MR) is 106 cm³/mol. The molecule has 0 radical (unpaired) electrons. The maximum absolute atomic E-state index is 8.80. The Morgan fingerprint density at radius 2 is 1.77 bits per heavy atom. The lowest BCUT2D eigenvalue weighted by atomic mass is 10.2. The van der Waals surface area contributed by atoms with E-state index in [1.54, 1.807) is 12.1 Å². The number of ether oxygens (including phenoxy) is 2. The highest BCUT2D eigenvalue weighted by Gasteiger charge is 2.10. The fraction of sp³-hybridized carbons (Fsp3) is 0.400. The lowest BCUT2D eigenvalue weighted by Crippen LogP contribution is -2.15. The molecule has 0 aliphatic heterocycles. The molecule has 0 aliphatic rings. The molecule has 0 bridgehead atoms. The maximum Gasteiger partial charge on any atom is 0.161 e. The largest absolute Gasteiger partial charge is 0.490 e. The first-order valence-electron chi connectivity index (χ1n) is 8.78. The summed E-state index contributed by atoms with van der Waals surface area (Å²) in [5.74, 6) is 1.36. The molecule has 2 N–H and O–H groups in total. The van der Waals surface area contributed by atoms with Crippen molar-refractivity contribution >= 4 is 23.2 Å². The molecular weight excluding hydrogens is 373 g/mol. The van der Waals surface area contributed by atoms with Crippen LogP contribution in [0.15, 0.2) is 36.4 Å². The van der Waals surface area contributed by atoms with Gasteiger partial charge < -0.3 is 19.9 Å². The molecular formula is C20H25Cl2NO3. The van der Waals surface area contributed by atoms with Gasteiger partial charge in [0.2, 0.25) is 0 Å². The molecule has 6 heteroatoms. The number of hydrogen-bond acceptors (Lipinski definition) is 4. The topological polar surface area (TPSA) is 50.7 Å². The van der Waals surface area contributed by atoms with Gasteiger partial charge in [-0.1, -0.05) is 35.3 Å². The van der Waals surface area contributed by atoms with Crippen LogP contribution in [0.25, 0.3) is 0 Å². The molecule has 0 fully saturated rings. The summed E-state index contributed by atoms with van der Waals surface area (Å²) in [5.41, 5.74) is 1.87. The number of rotatable bonds is 11. The molecule has 0 amide bonds. The lowest BCUT2D eigenvalue weighted by molar-refractivity contribution is 0.269. The minimum Gasteiger partial charge on any atom is -0.490 e. The lowest BCUT2D eigenvalue weighted by Gasteiger charge is -2.15. The van der Waals surface area contributed by atoms with Gasteiger partial charge in [0.1, 0.15) is 6.61 Å². The zero-order chi connectivity index (χ0) is 18.8. The monoisotopic (exact) mass is 397 g/mol. The Hall–Kier alpha value is -1.46. The molecule has 0 atom stereocenters. The molecule has 26 heavy (non-hydrogen) atoms. The van der Waals surface area contributed by atoms with E-state index in [4.69, 9.17) is 37.8 Å². The summed E-state index contributed by atoms with van der Waals surface area (Å²) in [4.78, 5) is 0. The van der Waals surface area contributed by atoms with Crippen LogP contribution in [0.4, 0.5) is 0 Å². The summed E-state index contributed by atoms with van der Waals surface area (Å²) in [6, 6.07) is 11.3. The maximum atomic E-state index is 8.80. The van der Waals surface area contributed by atoms with E-state index in [9.17, 15) is 0 Å². The highest BCUT2D eigenvalue weighted by molar-refractivity contribution is 6.35. The molecule has 0 saturated heterocycles. The van der Waals surface area contributed by atoms with Gasteiger partial charge in [-0.2, -0.15) is 0 Å². The van der Waals surface area contributed by atoms with Crippen molar-refractivity contribution in [3.05, 3.63) is 57.6 Å². The van der Waals surface area contributed by atoms with Crippen LogP contribution >= 0.6 is 23.2 Å². The van der Waals surface area contributed by atoms with Crippen molar-refractivity contribution in [1.29, 1.82) is 0 Å².